The van der Waals surface area contributed by atoms with Crippen molar-refractivity contribution in [2.45, 2.75) is 84.0 Å². The van der Waals surface area contributed by atoms with E-state index in [9.17, 15) is 19.7 Å². The molecule has 0 unspecified atom stereocenters. The smallest absolute Gasteiger partial charge is 0.270 e. The molecule has 172 valence electrons. The van der Waals surface area contributed by atoms with Crippen molar-refractivity contribution in [1.82, 2.24) is 10.7 Å². The summed E-state index contributed by atoms with van der Waals surface area (Å²) in [6.07, 6.45) is 15.2. The molecule has 0 aromatic heterocycles. The largest absolute Gasteiger partial charge is 0.347 e. The first-order valence-electron chi connectivity index (χ1n) is 11.4. The zero-order valence-corrected chi connectivity index (χ0v) is 18.6. The highest BCUT2D eigenvalue weighted by atomic mass is 16.6. The highest BCUT2D eigenvalue weighted by Crippen LogP contribution is 2.12. The zero-order chi connectivity index (χ0) is 22.7. The van der Waals surface area contributed by atoms with E-state index in [1.165, 1.54) is 75.8 Å². The number of nitrogens with zero attached hydrogens (tertiary/aromatic N) is 2. The first kappa shape index (κ1) is 26.3. The van der Waals surface area contributed by atoms with E-state index in [1.807, 2.05) is 0 Å². The predicted molar refractivity (Wildman–Crippen MR) is 123 cm³/mol. The van der Waals surface area contributed by atoms with Gasteiger partial charge >= 0.3 is 0 Å². The number of amides is 2. The molecule has 31 heavy (non-hydrogen) atoms. The lowest BCUT2D eigenvalue weighted by molar-refractivity contribution is -0.384. The predicted octanol–water partition coefficient (Wildman–Crippen LogP) is 4.86. The number of carbonyl (C=O) groups excluding carboxylic acids is 2. The van der Waals surface area contributed by atoms with Gasteiger partial charge in [0.2, 0.25) is 5.91 Å². The normalized spacial score (nSPS) is 10.9. The highest BCUT2D eigenvalue weighted by Gasteiger charge is 2.06. The minimum atomic E-state index is -0.499. The van der Waals surface area contributed by atoms with Gasteiger partial charge in [0.15, 0.2) is 0 Å². The summed E-state index contributed by atoms with van der Waals surface area (Å²) in [5.41, 5.74) is 2.74. The van der Waals surface area contributed by atoms with Crippen molar-refractivity contribution in [1.29, 1.82) is 0 Å². The standard InChI is InChI=1S/C23H36N4O4/c1-2-3-4-5-6-7-8-9-10-11-12-16-22(28)24-19-23(29)26-25-18-20-14-13-15-21(17-20)27(30)31/h13-15,17-18H,2-12,16,19H2,1H3,(H,24,28)(H,26,29)/b25-18+. The topological polar surface area (TPSA) is 114 Å². The number of non-ortho nitro benzene ring substituents is 1. The molecular formula is C23H36N4O4. The number of benzene rings is 1. The van der Waals surface area contributed by atoms with Crippen LogP contribution in [0.1, 0.15) is 89.5 Å². The average molecular weight is 433 g/mol. The van der Waals surface area contributed by atoms with Crippen molar-refractivity contribution < 1.29 is 14.5 Å². The van der Waals surface area contributed by atoms with Crippen LogP contribution in [0.2, 0.25) is 0 Å². The molecule has 0 aliphatic carbocycles. The number of nitrogens with one attached hydrogen (secondary N) is 2. The molecule has 0 aliphatic rings. The first-order chi connectivity index (χ1) is 15.0. The average Bonchev–Trinajstić information content (AvgIpc) is 2.76. The number of carbonyl (C=O) groups is 2. The van der Waals surface area contributed by atoms with Gasteiger partial charge in [-0.3, -0.25) is 19.7 Å². The Balaban J connectivity index is 2.03. The fraction of sp³-hybridized carbons (Fsp3) is 0.609. The molecule has 0 atom stereocenters. The van der Waals surface area contributed by atoms with Crippen molar-refractivity contribution in [3.8, 4) is 0 Å². The van der Waals surface area contributed by atoms with Crippen LogP contribution in [-0.2, 0) is 9.59 Å². The molecule has 0 bridgehead atoms. The van der Waals surface area contributed by atoms with Gasteiger partial charge in [0.25, 0.3) is 11.6 Å². The van der Waals surface area contributed by atoms with Gasteiger partial charge in [-0.25, -0.2) is 5.43 Å². The van der Waals surface area contributed by atoms with Crippen LogP contribution in [-0.4, -0.2) is 29.5 Å². The van der Waals surface area contributed by atoms with Gasteiger partial charge in [0.1, 0.15) is 0 Å². The van der Waals surface area contributed by atoms with Gasteiger partial charge in [-0.2, -0.15) is 5.10 Å². The molecule has 2 amide bonds. The summed E-state index contributed by atoms with van der Waals surface area (Å²) in [6, 6.07) is 5.90. The quantitative estimate of drug-likeness (QED) is 0.158. The molecule has 0 fully saturated rings. The summed E-state index contributed by atoms with van der Waals surface area (Å²) in [4.78, 5) is 33.8. The Morgan fingerprint density at radius 2 is 1.58 bits per heavy atom. The van der Waals surface area contributed by atoms with Gasteiger partial charge in [-0.05, 0) is 6.42 Å². The molecule has 0 spiro atoms. The van der Waals surface area contributed by atoms with E-state index >= 15 is 0 Å². The van der Waals surface area contributed by atoms with E-state index in [-0.39, 0.29) is 18.1 Å². The Hall–Kier alpha value is -2.77. The van der Waals surface area contributed by atoms with Gasteiger partial charge < -0.3 is 5.32 Å². The third-order valence-electron chi connectivity index (χ3n) is 4.94. The molecule has 0 heterocycles. The van der Waals surface area contributed by atoms with Gasteiger partial charge in [0, 0.05) is 24.1 Å². The number of nitro benzene ring substituents is 1. The van der Waals surface area contributed by atoms with Crippen LogP contribution in [0.5, 0.6) is 0 Å². The number of nitro groups is 1. The van der Waals surface area contributed by atoms with E-state index in [1.54, 1.807) is 6.07 Å². The SMILES string of the molecule is CCCCCCCCCCCCCC(=O)NCC(=O)N/N=C/c1cccc([N+](=O)[O-])c1. The lowest BCUT2D eigenvalue weighted by Gasteiger charge is -2.05. The fourth-order valence-electron chi connectivity index (χ4n) is 3.15. The maximum absolute atomic E-state index is 11.8. The van der Waals surface area contributed by atoms with Gasteiger partial charge in [0.05, 0.1) is 17.7 Å². The number of hydrogen-bond acceptors (Lipinski definition) is 5. The number of rotatable bonds is 17. The van der Waals surface area contributed by atoms with Crippen LogP contribution in [0, 0.1) is 10.1 Å². The number of hydrogen-bond donors (Lipinski definition) is 2. The maximum Gasteiger partial charge on any atom is 0.270 e. The van der Waals surface area contributed by atoms with Gasteiger partial charge in [-0.1, -0.05) is 83.3 Å². The van der Waals surface area contributed by atoms with Crippen molar-refractivity contribution in [3.05, 3.63) is 39.9 Å². The molecule has 0 aliphatic heterocycles. The first-order valence-corrected chi connectivity index (χ1v) is 11.4. The molecule has 0 radical (unpaired) electrons. The van der Waals surface area contributed by atoms with E-state index in [0.717, 1.165) is 19.3 Å². The van der Waals surface area contributed by atoms with E-state index < -0.39 is 10.8 Å². The Bertz CT molecular complexity index is 707. The van der Waals surface area contributed by atoms with Crippen LogP contribution in [0.4, 0.5) is 5.69 Å². The van der Waals surface area contributed by atoms with E-state index in [4.69, 9.17) is 0 Å². The van der Waals surface area contributed by atoms with Crippen molar-refractivity contribution in [3.63, 3.8) is 0 Å². The second kappa shape index (κ2) is 17.0. The van der Waals surface area contributed by atoms with Crippen molar-refractivity contribution in [2.24, 2.45) is 5.10 Å². The Labute approximate surface area is 185 Å². The summed E-state index contributed by atoms with van der Waals surface area (Å²) in [5, 5.41) is 17.1. The third-order valence-corrected chi connectivity index (χ3v) is 4.94. The van der Waals surface area contributed by atoms with Crippen LogP contribution in [0.15, 0.2) is 29.4 Å². The minimum Gasteiger partial charge on any atom is -0.347 e. The van der Waals surface area contributed by atoms with Crippen LogP contribution >= 0.6 is 0 Å². The molecular weight excluding hydrogens is 396 g/mol. The Kier molecular flexibility index (Phi) is 14.4. The molecule has 1 rings (SSSR count). The summed E-state index contributed by atoms with van der Waals surface area (Å²) >= 11 is 0. The molecule has 2 N–H and O–H groups in total. The maximum atomic E-state index is 11.8. The van der Waals surface area contributed by atoms with E-state index in [0.29, 0.717) is 12.0 Å². The third kappa shape index (κ3) is 14.0. The molecule has 1 aromatic carbocycles. The van der Waals surface area contributed by atoms with Crippen molar-refractivity contribution in [2.75, 3.05) is 6.54 Å². The number of hydrazone groups is 1. The lowest BCUT2D eigenvalue weighted by atomic mass is 10.1. The number of unbranched alkanes of at least 4 members (excludes halogenated alkanes) is 10. The monoisotopic (exact) mass is 432 g/mol. The van der Waals surface area contributed by atoms with Crippen LogP contribution < -0.4 is 10.7 Å². The van der Waals surface area contributed by atoms with Crippen molar-refractivity contribution >= 4 is 23.7 Å². The Morgan fingerprint density at radius 1 is 0.968 bits per heavy atom. The molecule has 1 aromatic rings. The summed E-state index contributed by atoms with van der Waals surface area (Å²) < 4.78 is 0. The zero-order valence-electron chi connectivity index (χ0n) is 18.6. The molecule has 0 saturated heterocycles. The minimum absolute atomic E-state index is 0.0510. The molecule has 0 saturated carbocycles. The highest BCUT2D eigenvalue weighted by molar-refractivity contribution is 5.86. The second-order valence-electron chi connectivity index (χ2n) is 7.71. The van der Waals surface area contributed by atoms with Crippen LogP contribution in [0.3, 0.4) is 0 Å². The molecule has 8 heteroatoms. The summed E-state index contributed by atoms with van der Waals surface area (Å²) in [5.74, 6) is -0.595. The summed E-state index contributed by atoms with van der Waals surface area (Å²) in [7, 11) is 0. The van der Waals surface area contributed by atoms with Gasteiger partial charge in [-0.15, -0.1) is 0 Å². The van der Waals surface area contributed by atoms with Crippen LogP contribution in [0.25, 0.3) is 0 Å². The Morgan fingerprint density at radius 3 is 2.19 bits per heavy atom. The molecule has 8 nitrogen and oxygen atoms in total. The fourth-order valence-corrected chi connectivity index (χ4v) is 3.15. The lowest BCUT2D eigenvalue weighted by Crippen LogP contribution is -2.34. The second-order valence-corrected chi connectivity index (χ2v) is 7.71. The summed E-state index contributed by atoms with van der Waals surface area (Å²) in [6.45, 7) is 2.08. The van der Waals surface area contributed by atoms with E-state index in [2.05, 4.69) is 22.8 Å².